The topological polar surface area (TPSA) is 116 Å². The molecular formula is C13H22N4O4. The van der Waals surface area contributed by atoms with Gasteiger partial charge in [-0.3, -0.25) is 0 Å². The summed E-state index contributed by atoms with van der Waals surface area (Å²) in [6.45, 7) is 2.39. The number of carboxylic acids is 1. The number of nitrogens with zero attached hydrogens (tertiary/aromatic N) is 1. The Labute approximate surface area is 123 Å². The minimum Gasteiger partial charge on any atom is -0.480 e. The number of carboxylic acid groups (broad SMARTS) is 1. The number of urea groups is 1. The first kappa shape index (κ1) is 17.0. The number of aromatic nitrogens is 2. The molecular weight excluding hydrogens is 276 g/mol. The number of amides is 2. The molecule has 0 bridgehead atoms. The van der Waals surface area contributed by atoms with Crippen LogP contribution in [0.5, 0.6) is 0 Å². The Morgan fingerprint density at radius 2 is 2.24 bits per heavy atom. The Bertz CT molecular complexity index is 429. The number of imidazole rings is 1. The zero-order chi connectivity index (χ0) is 15.7. The van der Waals surface area contributed by atoms with E-state index < -0.39 is 18.0 Å². The average Bonchev–Trinajstić information content (AvgIpc) is 2.91. The van der Waals surface area contributed by atoms with Crippen molar-refractivity contribution in [3.05, 3.63) is 18.2 Å². The average molecular weight is 298 g/mol. The van der Waals surface area contributed by atoms with Crippen LogP contribution in [0, 0.1) is 0 Å². The molecule has 0 aliphatic heterocycles. The summed E-state index contributed by atoms with van der Waals surface area (Å²) < 4.78 is 5.02. The lowest BCUT2D eigenvalue weighted by Crippen LogP contribution is -2.50. The third-order valence-corrected chi connectivity index (χ3v) is 2.92. The van der Waals surface area contributed by atoms with Gasteiger partial charge in [0.05, 0.1) is 19.0 Å². The van der Waals surface area contributed by atoms with Crippen molar-refractivity contribution in [1.29, 1.82) is 0 Å². The molecule has 1 heterocycles. The first-order valence-corrected chi connectivity index (χ1v) is 6.82. The second-order valence-electron chi connectivity index (χ2n) is 4.73. The number of rotatable bonds is 9. The van der Waals surface area contributed by atoms with Crippen molar-refractivity contribution in [2.24, 2.45) is 0 Å². The lowest BCUT2D eigenvalue weighted by atomic mass is 10.1. The van der Waals surface area contributed by atoms with E-state index in [2.05, 4.69) is 20.6 Å². The summed E-state index contributed by atoms with van der Waals surface area (Å²) in [4.78, 5) is 29.7. The lowest BCUT2D eigenvalue weighted by molar-refractivity contribution is -0.139. The first-order valence-electron chi connectivity index (χ1n) is 6.82. The molecule has 4 N–H and O–H groups in total. The van der Waals surface area contributed by atoms with Crippen LogP contribution >= 0.6 is 0 Å². The number of carbonyl (C=O) groups is 2. The summed E-state index contributed by atoms with van der Waals surface area (Å²) in [5, 5.41) is 14.3. The highest BCUT2D eigenvalue weighted by Crippen LogP contribution is 2.00. The highest BCUT2D eigenvalue weighted by atomic mass is 16.5. The fourth-order valence-corrected chi connectivity index (χ4v) is 1.95. The largest absolute Gasteiger partial charge is 0.480 e. The summed E-state index contributed by atoms with van der Waals surface area (Å²) in [6.07, 6.45) is 4.79. The van der Waals surface area contributed by atoms with E-state index in [0.29, 0.717) is 12.3 Å². The SMILES string of the molecule is CCCC(COC)NC(=O)N[C@@H](Cc1cnc[nH]1)C(=O)O. The molecule has 8 heteroatoms. The summed E-state index contributed by atoms with van der Waals surface area (Å²) >= 11 is 0. The molecule has 0 aliphatic rings. The monoisotopic (exact) mass is 298 g/mol. The highest BCUT2D eigenvalue weighted by molar-refractivity contribution is 5.82. The van der Waals surface area contributed by atoms with E-state index in [1.807, 2.05) is 6.92 Å². The van der Waals surface area contributed by atoms with Gasteiger partial charge in [0.2, 0.25) is 0 Å². The number of hydrogen-bond acceptors (Lipinski definition) is 4. The van der Waals surface area contributed by atoms with Crippen LogP contribution in [0.25, 0.3) is 0 Å². The van der Waals surface area contributed by atoms with Crippen LogP contribution in [-0.4, -0.2) is 52.9 Å². The fourth-order valence-electron chi connectivity index (χ4n) is 1.95. The molecule has 21 heavy (non-hydrogen) atoms. The van der Waals surface area contributed by atoms with Gasteiger partial charge >= 0.3 is 12.0 Å². The maximum atomic E-state index is 11.9. The van der Waals surface area contributed by atoms with Crippen molar-refractivity contribution in [3.8, 4) is 0 Å². The van der Waals surface area contributed by atoms with E-state index in [4.69, 9.17) is 9.84 Å². The molecule has 1 aromatic rings. The van der Waals surface area contributed by atoms with Crippen LogP contribution in [-0.2, 0) is 16.0 Å². The van der Waals surface area contributed by atoms with Crippen molar-refractivity contribution in [3.63, 3.8) is 0 Å². The molecule has 0 aliphatic carbocycles. The fraction of sp³-hybridized carbons (Fsp3) is 0.615. The molecule has 1 aromatic heterocycles. The van der Waals surface area contributed by atoms with Crippen molar-refractivity contribution >= 4 is 12.0 Å². The predicted octanol–water partition coefficient (Wildman–Crippen LogP) is 0.520. The van der Waals surface area contributed by atoms with Crippen molar-refractivity contribution in [2.45, 2.75) is 38.3 Å². The number of methoxy groups -OCH3 is 1. The highest BCUT2D eigenvalue weighted by Gasteiger charge is 2.22. The molecule has 0 fully saturated rings. The lowest BCUT2D eigenvalue weighted by Gasteiger charge is -2.20. The Kier molecular flexibility index (Phi) is 7.24. The minimum atomic E-state index is -1.10. The molecule has 0 aromatic carbocycles. The quantitative estimate of drug-likeness (QED) is 0.530. The number of carbonyl (C=O) groups excluding carboxylic acids is 1. The van der Waals surface area contributed by atoms with E-state index in [1.165, 1.54) is 12.5 Å². The molecule has 0 radical (unpaired) electrons. The van der Waals surface area contributed by atoms with Gasteiger partial charge in [-0.15, -0.1) is 0 Å². The van der Waals surface area contributed by atoms with Crippen LogP contribution in [0.3, 0.4) is 0 Å². The molecule has 8 nitrogen and oxygen atoms in total. The number of nitrogens with one attached hydrogen (secondary N) is 3. The normalized spacial score (nSPS) is 13.4. The maximum Gasteiger partial charge on any atom is 0.326 e. The van der Waals surface area contributed by atoms with Crippen molar-refractivity contribution in [2.75, 3.05) is 13.7 Å². The second-order valence-corrected chi connectivity index (χ2v) is 4.73. The number of hydrogen-bond donors (Lipinski definition) is 4. The minimum absolute atomic E-state index is 0.137. The number of aliphatic carboxylic acids is 1. The summed E-state index contributed by atoms with van der Waals surface area (Å²) in [5.74, 6) is -1.10. The third kappa shape index (κ3) is 6.26. The molecule has 1 unspecified atom stereocenters. The van der Waals surface area contributed by atoms with Gasteiger partial charge in [-0.25, -0.2) is 14.6 Å². The number of H-pyrrole nitrogens is 1. The second kappa shape index (κ2) is 8.96. The molecule has 118 valence electrons. The van der Waals surface area contributed by atoms with Gasteiger partial charge in [-0.1, -0.05) is 13.3 Å². The van der Waals surface area contributed by atoms with Crippen molar-refractivity contribution in [1.82, 2.24) is 20.6 Å². The van der Waals surface area contributed by atoms with Gasteiger partial charge in [-0.2, -0.15) is 0 Å². The van der Waals surface area contributed by atoms with Gasteiger partial charge in [0.1, 0.15) is 6.04 Å². The molecule has 1 rings (SSSR count). The predicted molar refractivity (Wildman–Crippen MR) is 76.0 cm³/mol. The van der Waals surface area contributed by atoms with Crippen LogP contribution in [0.15, 0.2) is 12.5 Å². The molecule has 0 saturated heterocycles. The van der Waals surface area contributed by atoms with E-state index in [1.54, 1.807) is 7.11 Å². The summed E-state index contributed by atoms with van der Waals surface area (Å²) in [7, 11) is 1.56. The number of ether oxygens (including phenoxy) is 1. The van der Waals surface area contributed by atoms with E-state index in [9.17, 15) is 9.59 Å². The van der Waals surface area contributed by atoms with Crippen LogP contribution in [0.2, 0.25) is 0 Å². The smallest absolute Gasteiger partial charge is 0.326 e. The Hall–Kier alpha value is -2.09. The van der Waals surface area contributed by atoms with Gasteiger partial charge in [0.15, 0.2) is 0 Å². The van der Waals surface area contributed by atoms with E-state index in [0.717, 1.165) is 12.8 Å². The van der Waals surface area contributed by atoms with Crippen LogP contribution in [0.1, 0.15) is 25.5 Å². The molecule has 0 spiro atoms. The van der Waals surface area contributed by atoms with Crippen LogP contribution < -0.4 is 10.6 Å². The Balaban J connectivity index is 2.53. The third-order valence-electron chi connectivity index (χ3n) is 2.92. The zero-order valence-corrected chi connectivity index (χ0v) is 12.3. The first-order chi connectivity index (χ1) is 10.1. The molecule has 0 saturated carbocycles. The van der Waals surface area contributed by atoms with Crippen molar-refractivity contribution < 1.29 is 19.4 Å². The Morgan fingerprint density at radius 1 is 1.48 bits per heavy atom. The zero-order valence-electron chi connectivity index (χ0n) is 12.3. The molecule has 2 atom stereocenters. The summed E-state index contributed by atoms with van der Waals surface area (Å²) in [6, 6.07) is -1.67. The standard InChI is InChI=1S/C13H22N4O4/c1-3-4-9(7-21-2)16-13(20)17-11(12(18)19)5-10-6-14-8-15-10/h6,8-9,11H,3-5,7H2,1-2H3,(H,14,15)(H,18,19)(H2,16,17,20)/t9?,11-/m0/s1. The summed E-state index contributed by atoms with van der Waals surface area (Å²) in [5.41, 5.74) is 0.643. The van der Waals surface area contributed by atoms with Crippen LogP contribution in [0.4, 0.5) is 4.79 Å². The Morgan fingerprint density at radius 3 is 2.76 bits per heavy atom. The number of aromatic amines is 1. The molecule has 2 amide bonds. The van der Waals surface area contributed by atoms with Gasteiger partial charge in [-0.05, 0) is 6.42 Å². The van der Waals surface area contributed by atoms with E-state index in [-0.39, 0.29) is 12.5 Å². The maximum absolute atomic E-state index is 11.9. The van der Waals surface area contributed by atoms with Gasteiger partial charge in [0, 0.05) is 25.4 Å². The van der Waals surface area contributed by atoms with Gasteiger partial charge < -0.3 is 25.5 Å². The van der Waals surface area contributed by atoms with E-state index >= 15 is 0 Å². The van der Waals surface area contributed by atoms with Gasteiger partial charge in [0.25, 0.3) is 0 Å².